The number of ether oxygens (including phenoxy) is 2. The van der Waals surface area contributed by atoms with Crippen LogP contribution in [0.3, 0.4) is 0 Å². The summed E-state index contributed by atoms with van der Waals surface area (Å²) < 4.78 is 11.3. The number of carbonyl (C=O) groups is 2. The number of ketones is 1. The minimum atomic E-state index is -1.06. The van der Waals surface area contributed by atoms with Gasteiger partial charge in [-0.1, -0.05) is 52.9 Å². The summed E-state index contributed by atoms with van der Waals surface area (Å²) in [5, 5.41) is 30.9. The number of aliphatic hydroxyl groups excluding tert-OH is 1. The Bertz CT molecular complexity index is 1620. The van der Waals surface area contributed by atoms with Gasteiger partial charge in [-0.2, -0.15) is 0 Å². The van der Waals surface area contributed by atoms with Gasteiger partial charge >= 0.3 is 5.91 Å². The Morgan fingerprint density at radius 3 is 2.49 bits per heavy atom. The number of phenolic OH excluding ortho intramolecular Hbond substituents is 1. The topological polar surface area (TPSA) is 122 Å². The molecule has 1 aliphatic rings. The van der Waals surface area contributed by atoms with Gasteiger partial charge in [-0.3, -0.25) is 14.5 Å². The third-order valence-electron chi connectivity index (χ3n) is 6.28. The number of rotatable bonds is 9. The third-order valence-corrected chi connectivity index (χ3v) is 8.66. The number of aliphatic hydroxyl groups is 1. The van der Waals surface area contributed by atoms with Crippen LogP contribution in [0.25, 0.3) is 5.76 Å². The van der Waals surface area contributed by atoms with E-state index in [2.05, 4.69) is 10.2 Å². The van der Waals surface area contributed by atoms with Gasteiger partial charge in [0.25, 0.3) is 5.78 Å². The number of hydrogen-bond donors (Lipinski definition) is 2. The second-order valence-corrected chi connectivity index (χ2v) is 11.4. The first-order valence-electron chi connectivity index (χ1n) is 12.4. The molecule has 9 nitrogen and oxygen atoms in total. The third kappa shape index (κ3) is 5.88. The Balaban J connectivity index is 1.56. The summed E-state index contributed by atoms with van der Waals surface area (Å²) in [4.78, 5) is 28.2. The quantitative estimate of drug-likeness (QED) is 0.0748. The van der Waals surface area contributed by atoms with Crippen molar-refractivity contribution >= 4 is 57.3 Å². The summed E-state index contributed by atoms with van der Waals surface area (Å²) in [6, 6.07) is 17.4. The molecule has 2 N–H and O–H groups in total. The van der Waals surface area contributed by atoms with E-state index >= 15 is 0 Å². The second kappa shape index (κ2) is 12.2. The summed E-state index contributed by atoms with van der Waals surface area (Å²) in [6.45, 7) is 2.06. The largest absolute Gasteiger partial charge is 0.507 e. The minimum Gasteiger partial charge on any atom is -0.507 e. The molecule has 5 rings (SSSR count). The molecule has 4 aromatic rings. The number of aromatic nitrogens is 2. The number of halogens is 1. The molecule has 2 heterocycles. The molecule has 1 aromatic heterocycles. The van der Waals surface area contributed by atoms with E-state index in [1.54, 1.807) is 55.5 Å². The number of aromatic hydroxyl groups is 1. The number of thioether (sulfide) groups is 1. The summed E-state index contributed by atoms with van der Waals surface area (Å²) >= 11 is 8.56. The highest BCUT2D eigenvalue weighted by Gasteiger charge is 2.48. The molecule has 0 bridgehead atoms. The monoisotopic (exact) mass is 609 g/mol. The van der Waals surface area contributed by atoms with Gasteiger partial charge in [0.1, 0.15) is 11.5 Å². The molecule has 1 aliphatic heterocycles. The van der Waals surface area contributed by atoms with E-state index < -0.39 is 17.7 Å². The lowest BCUT2D eigenvalue weighted by molar-refractivity contribution is -0.132. The Kier molecular flexibility index (Phi) is 8.48. The first kappa shape index (κ1) is 28.5. The lowest BCUT2D eigenvalue weighted by Crippen LogP contribution is -2.29. The van der Waals surface area contributed by atoms with Crippen LogP contribution in [0.1, 0.15) is 29.7 Å². The Labute approximate surface area is 249 Å². The van der Waals surface area contributed by atoms with Gasteiger partial charge in [0.05, 0.1) is 25.3 Å². The van der Waals surface area contributed by atoms with Crippen molar-refractivity contribution in [3.05, 3.63) is 94.0 Å². The highest BCUT2D eigenvalue weighted by molar-refractivity contribution is 8.00. The molecule has 0 spiro atoms. The predicted octanol–water partition coefficient (Wildman–Crippen LogP) is 6.22. The lowest BCUT2D eigenvalue weighted by atomic mass is 9.95. The zero-order valence-electron chi connectivity index (χ0n) is 21.9. The number of phenols is 1. The molecule has 1 amide bonds. The number of Topliss-reactive ketones (excluding diaryl/α,β-unsaturated/α-hetero) is 1. The van der Waals surface area contributed by atoms with E-state index in [-0.39, 0.29) is 34.6 Å². The van der Waals surface area contributed by atoms with E-state index in [0.717, 1.165) is 16.9 Å². The first-order valence-corrected chi connectivity index (χ1v) is 14.6. The van der Waals surface area contributed by atoms with Gasteiger partial charge in [0.2, 0.25) is 5.13 Å². The molecular weight excluding hydrogens is 586 g/mol. The fourth-order valence-electron chi connectivity index (χ4n) is 4.31. The fourth-order valence-corrected chi connectivity index (χ4v) is 6.25. The average molecular weight is 610 g/mol. The molecular formula is C29H24ClN3O6S2. The van der Waals surface area contributed by atoms with E-state index in [4.69, 9.17) is 21.1 Å². The molecule has 0 saturated carbocycles. The zero-order valence-corrected chi connectivity index (χ0v) is 24.3. The van der Waals surface area contributed by atoms with Crippen LogP contribution in [0.2, 0.25) is 5.02 Å². The van der Waals surface area contributed by atoms with Crippen LogP contribution >= 0.6 is 34.7 Å². The molecule has 1 atom stereocenters. The van der Waals surface area contributed by atoms with E-state index in [1.165, 1.54) is 29.8 Å². The van der Waals surface area contributed by atoms with Gasteiger partial charge < -0.3 is 19.7 Å². The second-order valence-electron chi connectivity index (χ2n) is 8.82. The molecule has 1 unspecified atom stereocenters. The molecule has 0 aliphatic carbocycles. The number of nitrogens with zero attached hydrogens (tertiary/aromatic N) is 3. The van der Waals surface area contributed by atoms with Crippen LogP contribution in [0.15, 0.2) is 76.6 Å². The normalized spacial score (nSPS) is 16.3. The first-order chi connectivity index (χ1) is 19.8. The maximum Gasteiger partial charge on any atom is 0.301 e. The van der Waals surface area contributed by atoms with Gasteiger partial charge in [0, 0.05) is 16.3 Å². The smallest absolute Gasteiger partial charge is 0.301 e. The molecule has 1 saturated heterocycles. The van der Waals surface area contributed by atoms with Crippen molar-refractivity contribution in [1.82, 2.24) is 10.2 Å². The van der Waals surface area contributed by atoms with Crippen molar-refractivity contribution in [1.29, 1.82) is 0 Å². The molecule has 12 heteroatoms. The van der Waals surface area contributed by atoms with Crippen molar-refractivity contribution in [2.45, 2.75) is 23.1 Å². The lowest BCUT2D eigenvalue weighted by Gasteiger charge is -2.23. The number of benzene rings is 3. The van der Waals surface area contributed by atoms with Crippen LogP contribution < -0.4 is 14.4 Å². The van der Waals surface area contributed by atoms with Gasteiger partial charge in [0.15, 0.2) is 15.8 Å². The van der Waals surface area contributed by atoms with Crippen molar-refractivity contribution in [2.75, 3.05) is 18.6 Å². The fraction of sp³-hybridized carbons (Fsp3) is 0.172. The maximum absolute atomic E-state index is 13.5. The number of carbonyl (C=O) groups excluding carboxylic acids is 2. The Hall–Kier alpha value is -4.06. The summed E-state index contributed by atoms with van der Waals surface area (Å²) in [6.07, 6.45) is 0. The molecule has 210 valence electrons. The maximum atomic E-state index is 13.5. The average Bonchev–Trinajstić information content (AvgIpc) is 3.55. The van der Waals surface area contributed by atoms with Gasteiger partial charge in [-0.15, -0.1) is 10.2 Å². The van der Waals surface area contributed by atoms with E-state index in [0.29, 0.717) is 32.0 Å². The zero-order chi connectivity index (χ0) is 29.1. The SMILES string of the molecule is CCOc1cc(C2/C(=C(/O)c3ccc(OC)cc3)C(=O)C(=O)N2c2nnc(SCc3ccc(Cl)cc3)s2)ccc1O. The van der Waals surface area contributed by atoms with Crippen LogP contribution in [0, 0.1) is 0 Å². The Morgan fingerprint density at radius 2 is 1.80 bits per heavy atom. The summed E-state index contributed by atoms with van der Waals surface area (Å²) in [5.41, 5.74) is 1.67. The van der Waals surface area contributed by atoms with Crippen LogP contribution in [-0.4, -0.2) is 45.8 Å². The van der Waals surface area contributed by atoms with Crippen molar-refractivity contribution in [3.63, 3.8) is 0 Å². The van der Waals surface area contributed by atoms with Crippen LogP contribution in [0.5, 0.6) is 17.2 Å². The molecule has 41 heavy (non-hydrogen) atoms. The minimum absolute atomic E-state index is 0.0977. The highest BCUT2D eigenvalue weighted by Crippen LogP contribution is 2.45. The number of amides is 1. The standard InChI is InChI=1S/C29H24ClN3O6S2/c1-3-39-22-14-18(8-13-21(22)34)24-23(25(35)17-6-11-20(38-2)12-7-17)26(36)27(37)33(24)28-31-32-29(41-28)40-15-16-4-9-19(30)10-5-16/h4-14,24,34-35H,3,15H2,1-2H3/b25-23-. The molecule has 3 aromatic carbocycles. The van der Waals surface area contributed by atoms with E-state index in [1.807, 2.05) is 12.1 Å². The predicted molar refractivity (Wildman–Crippen MR) is 158 cm³/mol. The molecule has 1 fully saturated rings. The number of methoxy groups -OCH3 is 1. The summed E-state index contributed by atoms with van der Waals surface area (Å²) in [7, 11) is 1.52. The van der Waals surface area contributed by atoms with Crippen molar-refractivity contribution < 1.29 is 29.3 Å². The number of hydrogen-bond acceptors (Lipinski definition) is 10. The highest BCUT2D eigenvalue weighted by atomic mass is 35.5. The van der Waals surface area contributed by atoms with Gasteiger partial charge in [-0.05, 0) is 66.6 Å². The molecule has 0 radical (unpaired) electrons. The number of anilines is 1. The van der Waals surface area contributed by atoms with E-state index in [9.17, 15) is 19.8 Å². The van der Waals surface area contributed by atoms with Crippen molar-refractivity contribution in [3.8, 4) is 17.2 Å². The Morgan fingerprint density at radius 1 is 1.07 bits per heavy atom. The van der Waals surface area contributed by atoms with Gasteiger partial charge in [-0.25, -0.2) is 0 Å². The summed E-state index contributed by atoms with van der Waals surface area (Å²) in [5.74, 6) is -0.846. The van der Waals surface area contributed by atoms with Crippen LogP contribution in [-0.2, 0) is 15.3 Å². The van der Waals surface area contributed by atoms with Crippen LogP contribution in [0.4, 0.5) is 5.13 Å². The van der Waals surface area contributed by atoms with Crippen molar-refractivity contribution in [2.24, 2.45) is 0 Å².